The SMILES string of the molecule is CCN1CCC(c2c[c]cc(F)c2)CC1. The lowest BCUT2D eigenvalue weighted by atomic mass is 9.89. The molecule has 1 aliphatic rings. The first kappa shape index (κ1) is 10.6. The highest BCUT2D eigenvalue weighted by Crippen LogP contribution is 2.27. The zero-order chi connectivity index (χ0) is 10.7. The summed E-state index contributed by atoms with van der Waals surface area (Å²) in [6, 6.07) is 7.84. The second-order valence-corrected chi connectivity index (χ2v) is 4.19. The molecular weight excluding hydrogens is 189 g/mol. The van der Waals surface area contributed by atoms with Crippen LogP contribution in [0.1, 0.15) is 31.2 Å². The highest BCUT2D eigenvalue weighted by Gasteiger charge is 2.19. The first-order chi connectivity index (χ1) is 7.29. The first-order valence-corrected chi connectivity index (χ1v) is 5.68. The summed E-state index contributed by atoms with van der Waals surface area (Å²) in [5.74, 6) is 0.366. The van der Waals surface area contributed by atoms with Gasteiger partial charge in [0.15, 0.2) is 0 Å². The monoisotopic (exact) mass is 206 g/mol. The molecule has 0 atom stereocenters. The Labute approximate surface area is 90.9 Å². The van der Waals surface area contributed by atoms with Crippen molar-refractivity contribution < 1.29 is 4.39 Å². The number of rotatable bonds is 2. The molecule has 0 bridgehead atoms. The molecule has 1 nitrogen and oxygen atoms in total. The molecular formula is C13H17FN. The maximum Gasteiger partial charge on any atom is 0.124 e. The summed E-state index contributed by atoms with van der Waals surface area (Å²) in [5, 5.41) is 0. The van der Waals surface area contributed by atoms with Crippen LogP contribution in [0.2, 0.25) is 0 Å². The van der Waals surface area contributed by atoms with Gasteiger partial charge in [0, 0.05) is 0 Å². The Kier molecular flexibility index (Phi) is 3.37. The molecule has 1 aromatic carbocycles. The normalized spacial score (nSPS) is 19.3. The average molecular weight is 206 g/mol. The van der Waals surface area contributed by atoms with Crippen LogP contribution in [-0.2, 0) is 0 Å². The number of piperidine rings is 1. The lowest BCUT2D eigenvalue weighted by molar-refractivity contribution is 0.222. The molecule has 0 aromatic heterocycles. The van der Waals surface area contributed by atoms with E-state index >= 15 is 0 Å². The summed E-state index contributed by atoms with van der Waals surface area (Å²) in [5.41, 5.74) is 1.12. The van der Waals surface area contributed by atoms with E-state index in [0.717, 1.165) is 38.0 Å². The Morgan fingerprint density at radius 3 is 2.73 bits per heavy atom. The van der Waals surface area contributed by atoms with Gasteiger partial charge in [0.05, 0.1) is 0 Å². The zero-order valence-electron chi connectivity index (χ0n) is 9.17. The van der Waals surface area contributed by atoms with Gasteiger partial charge in [-0.2, -0.15) is 0 Å². The Morgan fingerprint density at radius 2 is 2.13 bits per heavy atom. The number of halogens is 1. The summed E-state index contributed by atoms with van der Waals surface area (Å²) in [4.78, 5) is 2.44. The molecule has 1 aromatic rings. The fraction of sp³-hybridized carbons (Fsp3) is 0.538. The Bertz CT molecular complexity index is 316. The van der Waals surface area contributed by atoms with Crippen molar-refractivity contribution in [3.05, 3.63) is 35.6 Å². The predicted octanol–water partition coefficient (Wildman–Crippen LogP) is 2.83. The van der Waals surface area contributed by atoms with Gasteiger partial charge in [-0.05, 0) is 62.2 Å². The molecule has 0 aliphatic carbocycles. The molecule has 0 spiro atoms. The smallest absolute Gasteiger partial charge is 0.124 e. The van der Waals surface area contributed by atoms with Gasteiger partial charge in [-0.1, -0.05) is 13.0 Å². The lowest BCUT2D eigenvalue weighted by Gasteiger charge is -2.31. The molecule has 1 saturated heterocycles. The standard InChI is InChI=1S/C13H17FN/c1-2-15-8-6-11(7-9-15)12-4-3-5-13(14)10-12/h4-5,10-11H,2,6-9H2,1H3. The average Bonchev–Trinajstić information content (AvgIpc) is 2.29. The number of nitrogens with zero attached hydrogens (tertiary/aromatic N) is 1. The largest absolute Gasteiger partial charge is 0.304 e. The van der Waals surface area contributed by atoms with Crippen LogP contribution >= 0.6 is 0 Å². The van der Waals surface area contributed by atoms with Crippen LogP contribution in [0.3, 0.4) is 0 Å². The summed E-state index contributed by atoms with van der Waals surface area (Å²) in [6.45, 7) is 5.59. The van der Waals surface area contributed by atoms with Crippen molar-refractivity contribution in [1.82, 2.24) is 4.90 Å². The summed E-state index contributed by atoms with van der Waals surface area (Å²) in [7, 11) is 0. The molecule has 81 valence electrons. The molecule has 1 radical (unpaired) electrons. The molecule has 1 aliphatic heterocycles. The van der Waals surface area contributed by atoms with Gasteiger partial charge in [-0.25, -0.2) is 4.39 Å². The number of hydrogen-bond donors (Lipinski definition) is 0. The van der Waals surface area contributed by atoms with Gasteiger partial charge < -0.3 is 4.90 Å². The Balaban J connectivity index is 2.01. The van der Waals surface area contributed by atoms with Crippen molar-refractivity contribution in [2.45, 2.75) is 25.7 Å². The first-order valence-electron chi connectivity index (χ1n) is 5.68. The Hall–Kier alpha value is -0.890. The van der Waals surface area contributed by atoms with Gasteiger partial charge in [-0.15, -0.1) is 0 Å². The number of benzene rings is 1. The minimum atomic E-state index is -0.162. The van der Waals surface area contributed by atoms with Crippen LogP contribution in [0.4, 0.5) is 4.39 Å². The molecule has 1 heterocycles. The van der Waals surface area contributed by atoms with Crippen LogP contribution in [0.25, 0.3) is 0 Å². The molecule has 2 heteroatoms. The van der Waals surface area contributed by atoms with E-state index in [0.29, 0.717) is 5.92 Å². The van der Waals surface area contributed by atoms with E-state index in [4.69, 9.17) is 0 Å². The van der Waals surface area contributed by atoms with E-state index in [1.807, 2.05) is 6.07 Å². The van der Waals surface area contributed by atoms with Crippen LogP contribution in [0.5, 0.6) is 0 Å². The minimum Gasteiger partial charge on any atom is -0.304 e. The second kappa shape index (κ2) is 4.75. The van der Waals surface area contributed by atoms with Crippen LogP contribution in [-0.4, -0.2) is 24.5 Å². The van der Waals surface area contributed by atoms with Crippen LogP contribution in [0, 0.1) is 11.9 Å². The molecule has 0 amide bonds. The van der Waals surface area contributed by atoms with E-state index in [1.54, 1.807) is 6.07 Å². The van der Waals surface area contributed by atoms with Crippen LogP contribution in [0.15, 0.2) is 18.2 Å². The summed E-state index contributed by atoms with van der Waals surface area (Å²) in [6.07, 6.45) is 2.29. The van der Waals surface area contributed by atoms with Crippen molar-refractivity contribution >= 4 is 0 Å². The fourth-order valence-electron chi connectivity index (χ4n) is 2.28. The Morgan fingerprint density at radius 1 is 1.40 bits per heavy atom. The molecule has 0 N–H and O–H groups in total. The quantitative estimate of drug-likeness (QED) is 0.719. The minimum absolute atomic E-state index is 0.162. The maximum absolute atomic E-state index is 13.0. The van der Waals surface area contributed by atoms with Crippen molar-refractivity contribution in [3.63, 3.8) is 0 Å². The van der Waals surface area contributed by atoms with Gasteiger partial charge in [0.1, 0.15) is 5.82 Å². The zero-order valence-corrected chi connectivity index (χ0v) is 9.17. The second-order valence-electron chi connectivity index (χ2n) is 4.19. The topological polar surface area (TPSA) is 3.24 Å². The third kappa shape index (κ3) is 2.57. The van der Waals surface area contributed by atoms with Gasteiger partial charge >= 0.3 is 0 Å². The predicted molar refractivity (Wildman–Crippen MR) is 59.3 cm³/mol. The molecule has 1 fully saturated rings. The summed E-state index contributed by atoms with van der Waals surface area (Å²) < 4.78 is 13.0. The number of hydrogen-bond acceptors (Lipinski definition) is 1. The van der Waals surface area contributed by atoms with Crippen LogP contribution < -0.4 is 0 Å². The van der Waals surface area contributed by atoms with E-state index in [2.05, 4.69) is 17.9 Å². The number of likely N-dealkylation sites (tertiary alicyclic amines) is 1. The summed E-state index contributed by atoms with van der Waals surface area (Å²) >= 11 is 0. The van der Waals surface area contributed by atoms with Gasteiger partial charge in [-0.3, -0.25) is 0 Å². The van der Waals surface area contributed by atoms with Gasteiger partial charge in [0.25, 0.3) is 0 Å². The molecule has 15 heavy (non-hydrogen) atoms. The fourth-order valence-corrected chi connectivity index (χ4v) is 2.28. The van der Waals surface area contributed by atoms with E-state index in [9.17, 15) is 4.39 Å². The van der Waals surface area contributed by atoms with E-state index in [1.165, 1.54) is 6.07 Å². The third-order valence-corrected chi connectivity index (χ3v) is 3.28. The van der Waals surface area contributed by atoms with E-state index in [-0.39, 0.29) is 5.82 Å². The maximum atomic E-state index is 13.0. The third-order valence-electron chi connectivity index (χ3n) is 3.28. The lowest BCUT2D eigenvalue weighted by Crippen LogP contribution is -2.32. The van der Waals surface area contributed by atoms with Crippen molar-refractivity contribution in [3.8, 4) is 0 Å². The van der Waals surface area contributed by atoms with Crippen molar-refractivity contribution in [1.29, 1.82) is 0 Å². The molecule has 0 saturated carbocycles. The highest BCUT2D eigenvalue weighted by atomic mass is 19.1. The van der Waals surface area contributed by atoms with E-state index < -0.39 is 0 Å². The van der Waals surface area contributed by atoms with Gasteiger partial charge in [0.2, 0.25) is 0 Å². The van der Waals surface area contributed by atoms with Crippen molar-refractivity contribution in [2.75, 3.05) is 19.6 Å². The molecule has 2 rings (SSSR count). The van der Waals surface area contributed by atoms with Crippen molar-refractivity contribution in [2.24, 2.45) is 0 Å². The highest BCUT2D eigenvalue weighted by molar-refractivity contribution is 5.20. The molecule has 0 unspecified atom stereocenters.